The molecule has 0 aliphatic rings. The molecule has 186 valence electrons. The monoisotopic (exact) mass is 517 g/mol. The van der Waals surface area contributed by atoms with Gasteiger partial charge in [0.2, 0.25) is 5.91 Å². The standard InChI is InChI=1S/C23H27N5O5S2/c1-5-14-7-9-15(10-8-14)33-11-16-26-27-23(28(16)4)34-12-17(29)25-21-18(22(31)32-6-2)13(3)19(35-21)20(24)30/h7-10H,5-6,11-12H2,1-4H3,(H2,24,30)(H,25,29). The number of nitrogens with one attached hydrogen (secondary N) is 1. The SMILES string of the molecule is CCOC(=O)c1c(NC(=O)CSc2nnc(COc3ccc(CC)cc3)n2C)sc(C(N)=O)c1C. The van der Waals surface area contributed by atoms with Crippen LogP contribution >= 0.6 is 23.1 Å². The van der Waals surface area contributed by atoms with E-state index in [0.717, 1.165) is 23.5 Å². The molecule has 0 aliphatic heterocycles. The van der Waals surface area contributed by atoms with Crippen molar-refractivity contribution in [3.8, 4) is 5.75 Å². The number of carbonyl (C=O) groups excluding carboxylic acids is 3. The van der Waals surface area contributed by atoms with E-state index in [0.29, 0.717) is 16.5 Å². The second kappa shape index (κ2) is 11.8. The Morgan fingerprint density at radius 2 is 1.89 bits per heavy atom. The van der Waals surface area contributed by atoms with E-state index in [9.17, 15) is 14.4 Å². The van der Waals surface area contributed by atoms with Crippen LogP contribution in [0.1, 0.15) is 50.8 Å². The van der Waals surface area contributed by atoms with Gasteiger partial charge in [-0.3, -0.25) is 9.59 Å². The molecule has 2 amide bonds. The number of thiophene rings is 1. The normalized spacial score (nSPS) is 10.7. The van der Waals surface area contributed by atoms with Crippen molar-refractivity contribution >= 4 is 45.9 Å². The van der Waals surface area contributed by atoms with Crippen molar-refractivity contribution in [2.75, 3.05) is 17.7 Å². The molecule has 2 aromatic heterocycles. The van der Waals surface area contributed by atoms with Crippen LogP contribution in [-0.4, -0.2) is 44.9 Å². The van der Waals surface area contributed by atoms with Crippen molar-refractivity contribution in [3.05, 3.63) is 51.7 Å². The van der Waals surface area contributed by atoms with Crippen LogP contribution in [0.2, 0.25) is 0 Å². The fourth-order valence-corrected chi connectivity index (χ4v) is 4.94. The number of anilines is 1. The molecule has 0 bridgehead atoms. The number of rotatable bonds is 11. The van der Waals surface area contributed by atoms with Crippen LogP contribution in [-0.2, 0) is 29.6 Å². The third kappa shape index (κ3) is 6.40. The zero-order valence-corrected chi connectivity index (χ0v) is 21.5. The number of nitrogens with zero attached hydrogens (tertiary/aromatic N) is 3. The average molecular weight is 518 g/mol. The third-order valence-electron chi connectivity index (χ3n) is 5.06. The molecule has 35 heavy (non-hydrogen) atoms. The van der Waals surface area contributed by atoms with Crippen molar-refractivity contribution < 1.29 is 23.9 Å². The van der Waals surface area contributed by atoms with Gasteiger partial charge < -0.3 is 25.1 Å². The molecule has 10 nitrogen and oxygen atoms in total. The molecule has 0 aliphatic carbocycles. The smallest absolute Gasteiger partial charge is 0.341 e. The lowest BCUT2D eigenvalue weighted by molar-refractivity contribution is -0.113. The Kier molecular flexibility index (Phi) is 8.88. The van der Waals surface area contributed by atoms with Gasteiger partial charge in [0.05, 0.1) is 22.8 Å². The number of amides is 2. The van der Waals surface area contributed by atoms with E-state index in [2.05, 4.69) is 22.4 Å². The molecule has 2 heterocycles. The zero-order valence-electron chi connectivity index (χ0n) is 19.9. The molecule has 0 atom stereocenters. The Bertz CT molecular complexity index is 1220. The van der Waals surface area contributed by atoms with E-state index >= 15 is 0 Å². The molecule has 0 radical (unpaired) electrons. The summed E-state index contributed by atoms with van der Waals surface area (Å²) >= 11 is 2.13. The molecule has 3 N–H and O–H groups in total. The second-order valence-corrected chi connectivity index (χ2v) is 9.39. The highest BCUT2D eigenvalue weighted by atomic mass is 32.2. The fraction of sp³-hybridized carbons (Fsp3) is 0.348. The molecular formula is C23H27N5O5S2. The van der Waals surface area contributed by atoms with E-state index in [1.54, 1.807) is 25.5 Å². The average Bonchev–Trinajstić information content (AvgIpc) is 3.35. The topological polar surface area (TPSA) is 138 Å². The number of nitrogens with two attached hydrogens (primary N) is 1. The fourth-order valence-electron chi connectivity index (χ4n) is 3.14. The summed E-state index contributed by atoms with van der Waals surface area (Å²) in [5.74, 6) is -0.331. The summed E-state index contributed by atoms with van der Waals surface area (Å²) < 4.78 is 12.6. The molecule has 3 rings (SSSR count). The summed E-state index contributed by atoms with van der Waals surface area (Å²) in [5.41, 5.74) is 7.15. The van der Waals surface area contributed by atoms with E-state index in [4.69, 9.17) is 15.2 Å². The molecule has 1 aromatic carbocycles. The number of primary amides is 1. The van der Waals surface area contributed by atoms with Crippen molar-refractivity contribution in [1.29, 1.82) is 0 Å². The largest absolute Gasteiger partial charge is 0.486 e. The maximum atomic E-state index is 12.6. The quantitative estimate of drug-likeness (QED) is 0.292. The lowest BCUT2D eigenvalue weighted by Gasteiger charge is -2.08. The van der Waals surface area contributed by atoms with Gasteiger partial charge >= 0.3 is 5.97 Å². The van der Waals surface area contributed by atoms with Crippen molar-refractivity contribution in [3.63, 3.8) is 0 Å². The Balaban J connectivity index is 1.62. The van der Waals surface area contributed by atoms with Crippen molar-refractivity contribution in [1.82, 2.24) is 14.8 Å². The number of ether oxygens (including phenoxy) is 2. The van der Waals surface area contributed by atoms with Crippen LogP contribution in [0, 0.1) is 6.92 Å². The summed E-state index contributed by atoms with van der Waals surface area (Å²) in [6.45, 7) is 5.74. The maximum absolute atomic E-state index is 12.6. The van der Waals surface area contributed by atoms with Gasteiger partial charge in [0, 0.05) is 7.05 Å². The Labute approximate surface area is 211 Å². The lowest BCUT2D eigenvalue weighted by Crippen LogP contribution is -2.17. The van der Waals surface area contributed by atoms with Gasteiger partial charge in [0.15, 0.2) is 11.0 Å². The number of esters is 1. The van der Waals surface area contributed by atoms with Gasteiger partial charge in [-0.1, -0.05) is 30.8 Å². The molecular weight excluding hydrogens is 490 g/mol. The highest BCUT2D eigenvalue weighted by Crippen LogP contribution is 2.33. The molecule has 12 heteroatoms. The Hall–Kier alpha value is -3.38. The molecule has 0 saturated carbocycles. The molecule has 0 fully saturated rings. The van der Waals surface area contributed by atoms with Gasteiger partial charge in [-0.25, -0.2) is 4.79 Å². The summed E-state index contributed by atoms with van der Waals surface area (Å²) in [7, 11) is 1.79. The van der Waals surface area contributed by atoms with Crippen LogP contribution < -0.4 is 15.8 Å². The van der Waals surface area contributed by atoms with Crippen LogP contribution in [0.3, 0.4) is 0 Å². The van der Waals surface area contributed by atoms with Crippen molar-refractivity contribution in [2.24, 2.45) is 12.8 Å². The van der Waals surface area contributed by atoms with Gasteiger partial charge in [-0.2, -0.15) is 0 Å². The predicted octanol–water partition coefficient (Wildman–Crippen LogP) is 3.33. The van der Waals surface area contributed by atoms with E-state index in [1.165, 1.54) is 17.3 Å². The number of carbonyl (C=O) groups is 3. The molecule has 0 spiro atoms. The van der Waals surface area contributed by atoms with Crippen LogP contribution in [0.5, 0.6) is 5.75 Å². The van der Waals surface area contributed by atoms with E-state index < -0.39 is 11.9 Å². The first-order valence-corrected chi connectivity index (χ1v) is 12.7. The van der Waals surface area contributed by atoms with Crippen LogP contribution in [0.25, 0.3) is 0 Å². The van der Waals surface area contributed by atoms with Crippen LogP contribution in [0.4, 0.5) is 5.00 Å². The van der Waals surface area contributed by atoms with Gasteiger partial charge in [0.1, 0.15) is 17.4 Å². The molecule has 3 aromatic rings. The Morgan fingerprint density at radius 3 is 2.51 bits per heavy atom. The summed E-state index contributed by atoms with van der Waals surface area (Å²) in [6.07, 6.45) is 0.959. The minimum atomic E-state index is -0.678. The van der Waals surface area contributed by atoms with E-state index in [1.807, 2.05) is 24.3 Å². The third-order valence-corrected chi connectivity index (χ3v) is 7.30. The number of aryl methyl sites for hydroxylation is 1. The number of benzene rings is 1. The first kappa shape index (κ1) is 26.2. The predicted molar refractivity (Wildman–Crippen MR) is 134 cm³/mol. The Morgan fingerprint density at radius 1 is 1.17 bits per heavy atom. The number of hydrogen-bond donors (Lipinski definition) is 2. The number of thioether (sulfide) groups is 1. The van der Waals surface area contributed by atoms with Crippen LogP contribution in [0.15, 0.2) is 29.4 Å². The highest BCUT2D eigenvalue weighted by Gasteiger charge is 2.26. The summed E-state index contributed by atoms with van der Waals surface area (Å²) in [4.78, 5) is 36.9. The molecule has 0 unspecified atom stereocenters. The van der Waals surface area contributed by atoms with Gasteiger partial charge in [-0.05, 0) is 43.5 Å². The summed E-state index contributed by atoms with van der Waals surface area (Å²) in [5, 5.41) is 11.7. The van der Waals surface area contributed by atoms with E-state index in [-0.39, 0.29) is 40.3 Å². The van der Waals surface area contributed by atoms with Gasteiger partial charge in [0.25, 0.3) is 5.91 Å². The first-order valence-electron chi connectivity index (χ1n) is 10.9. The minimum Gasteiger partial charge on any atom is -0.486 e. The molecule has 0 saturated heterocycles. The second-order valence-electron chi connectivity index (χ2n) is 7.43. The highest BCUT2D eigenvalue weighted by molar-refractivity contribution is 7.99. The minimum absolute atomic E-state index is 0.0103. The lowest BCUT2D eigenvalue weighted by atomic mass is 10.1. The maximum Gasteiger partial charge on any atom is 0.341 e. The number of hydrogen-bond acceptors (Lipinski definition) is 9. The first-order chi connectivity index (χ1) is 16.7. The summed E-state index contributed by atoms with van der Waals surface area (Å²) in [6, 6.07) is 7.85. The number of aromatic nitrogens is 3. The van der Waals surface area contributed by atoms with Crippen molar-refractivity contribution in [2.45, 2.75) is 39.0 Å². The zero-order chi connectivity index (χ0) is 25.5. The van der Waals surface area contributed by atoms with Gasteiger partial charge in [-0.15, -0.1) is 21.5 Å².